The van der Waals surface area contributed by atoms with E-state index in [1.807, 2.05) is 12.1 Å². The smallest absolute Gasteiger partial charge is 0.237 e. The number of nitrogens with zero attached hydrogens (tertiary/aromatic N) is 2. The quantitative estimate of drug-likeness (QED) is 0.694. The Balaban J connectivity index is 1.35. The molecule has 0 saturated carbocycles. The average molecular weight is 336 g/mol. The second-order valence-electron chi connectivity index (χ2n) is 6.45. The highest BCUT2D eigenvalue weighted by Gasteiger charge is 2.27. The summed E-state index contributed by atoms with van der Waals surface area (Å²) >= 11 is 0. The number of piperazine rings is 1. The monoisotopic (exact) mass is 336 g/mol. The molecule has 0 radical (unpaired) electrons. The molecule has 7 heteroatoms. The van der Waals surface area contributed by atoms with Crippen LogP contribution >= 0.6 is 0 Å². The number of amides is 1. The van der Waals surface area contributed by atoms with Crippen molar-refractivity contribution in [1.82, 2.24) is 15.5 Å². The topological polar surface area (TPSA) is 67.8 Å². The molecule has 2 aliphatic heterocycles. The molecule has 2 unspecified atom stereocenters. The van der Waals surface area contributed by atoms with Gasteiger partial charge in [0.1, 0.15) is 5.82 Å². The Kier molecular flexibility index (Phi) is 5.65. The molecular weight excluding hydrogens is 311 g/mol. The molecular formula is C17H25FN4O2. The first-order valence-electron chi connectivity index (χ1n) is 8.54. The van der Waals surface area contributed by atoms with Crippen molar-refractivity contribution >= 4 is 11.6 Å². The molecule has 2 heterocycles. The van der Waals surface area contributed by atoms with Crippen LogP contribution in [0.15, 0.2) is 24.3 Å². The number of halogens is 1. The summed E-state index contributed by atoms with van der Waals surface area (Å²) in [5, 5.41) is 15.4. The highest BCUT2D eigenvalue weighted by atomic mass is 19.1. The highest BCUT2D eigenvalue weighted by molar-refractivity contribution is 5.82. The van der Waals surface area contributed by atoms with E-state index in [-0.39, 0.29) is 17.8 Å². The van der Waals surface area contributed by atoms with Gasteiger partial charge in [-0.15, -0.1) is 0 Å². The van der Waals surface area contributed by atoms with E-state index >= 15 is 0 Å². The van der Waals surface area contributed by atoms with Crippen LogP contribution < -0.4 is 15.5 Å². The number of hydrogen-bond donors (Lipinski definition) is 3. The molecule has 2 saturated heterocycles. The largest absolute Gasteiger partial charge is 0.392 e. The molecule has 3 N–H and O–H groups in total. The lowest BCUT2D eigenvalue weighted by Crippen LogP contribution is -2.49. The summed E-state index contributed by atoms with van der Waals surface area (Å²) in [6.07, 6.45) is 0.0719. The summed E-state index contributed by atoms with van der Waals surface area (Å²) in [7, 11) is 0. The molecule has 1 aromatic rings. The summed E-state index contributed by atoms with van der Waals surface area (Å²) in [6, 6.07) is 6.34. The molecule has 3 rings (SSSR count). The van der Waals surface area contributed by atoms with Crippen molar-refractivity contribution in [2.75, 3.05) is 50.7 Å². The molecule has 6 nitrogen and oxygen atoms in total. The second kappa shape index (κ2) is 7.92. The van der Waals surface area contributed by atoms with Gasteiger partial charge in [0.05, 0.1) is 12.1 Å². The molecule has 1 aromatic carbocycles. The fourth-order valence-corrected chi connectivity index (χ4v) is 3.26. The summed E-state index contributed by atoms with van der Waals surface area (Å²) < 4.78 is 13.0. The van der Waals surface area contributed by atoms with Gasteiger partial charge in [-0.1, -0.05) is 0 Å². The van der Waals surface area contributed by atoms with Gasteiger partial charge in [-0.3, -0.25) is 9.69 Å². The minimum Gasteiger partial charge on any atom is -0.392 e. The zero-order valence-corrected chi connectivity index (χ0v) is 13.7. The third-order valence-corrected chi connectivity index (χ3v) is 4.72. The zero-order valence-electron chi connectivity index (χ0n) is 13.7. The first kappa shape index (κ1) is 17.1. The number of carbonyl (C=O) groups is 1. The molecule has 132 valence electrons. The van der Waals surface area contributed by atoms with Crippen LogP contribution in [0.2, 0.25) is 0 Å². The lowest BCUT2D eigenvalue weighted by Gasteiger charge is -2.36. The van der Waals surface area contributed by atoms with Gasteiger partial charge in [0.2, 0.25) is 5.91 Å². The van der Waals surface area contributed by atoms with Gasteiger partial charge >= 0.3 is 0 Å². The molecule has 0 aromatic heterocycles. The van der Waals surface area contributed by atoms with Crippen molar-refractivity contribution in [3.05, 3.63) is 30.1 Å². The van der Waals surface area contributed by atoms with Gasteiger partial charge in [-0.05, 0) is 30.7 Å². The Hall–Kier alpha value is -1.70. The maximum absolute atomic E-state index is 13.0. The van der Waals surface area contributed by atoms with Gasteiger partial charge in [0, 0.05) is 51.5 Å². The second-order valence-corrected chi connectivity index (χ2v) is 6.45. The van der Waals surface area contributed by atoms with E-state index in [1.54, 1.807) is 0 Å². The van der Waals surface area contributed by atoms with Gasteiger partial charge in [-0.2, -0.15) is 0 Å². The molecule has 2 aliphatic rings. The third kappa shape index (κ3) is 4.43. The summed E-state index contributed by atoms with van der Waals surface area (Å²) in [4.78, 5) is 16.5. The minimum atomic E-state index is -0.416. The predicted molar refractivity (Wildman–Crippen MR) is 90.5 cm³/mol. The summed E-state index contributed by atoms with van der Waals surface area (Å²) in [5.41, 5.74) is 1.05. The Morgan fingerprint density at radius 3 is 2.58 bits per heavy atom. The Bertz CT molecular complexity index is 546. The van der Waals surface area contributed by atoms with Crippen molar-refractivity contribution in [3.8, 4) is 0 Å². The molecule has 1 amide bonds. The van der Waals surface area contributed by atoms with Crippen molar-refractivity contribution in [3.63, 3.8) is 0 Å². The van der Waals surface area contributed by atoms with E-state index in [1.165, 1.54) is 12.1 Å². The first-order chi connectivity index (χ1) is 11.6. The van der Waals surface area contributed by atoms with Gasteiger partial charge in [0.25, 0.3) is 0 Å². The molecule has 0 spiro atoms. The predicted octanol–water partition coefficient (Wildman–Crippen LogP) is -0.213. The Morgan fingerprint density at radius 2 is 1.96 bits per heavy atom. The Morgan fingerprint density at radius 1 is 1.25 bits per heavy atom. The van der Waals surface area contributed by atoms with E-state index in [4.69, 9.17) is 0 Å². The van der Waals surface area contributed by atoms with Gasteiger partial charge < -0.3 is 20.6 Å². The van der Waals surface area contributed by atoms with E-state index in [0.717, 1.165) is 38.4 Å². The van der Waals surface area contributed by atoms with Crippen molar-refractivity contribution < 1.29 is 14.3 Å². The minimum absolute atomic E-state index is 0.0310. The normalized spacial score (nSPS) is 25.0. The molecule has 2 fully saturated rings. The third-order valence-electron chi connectivity index (χ3n) is 4.72. The fraction of sp³-hybridized carbons (Fsp3) is 0.588. The van der Waals surface area contributed by atoms with Gasteiger partial charge in [0.15, 0.2) is 0 Å². The summed E-state index contributed by atoms with van der Waals surface area (Å²) in [5.74, 6) is -0.242. The van der Waals surface area contributed by atoms with E-state index in [2.05, 4.69) is 20.4 Å². The summed E-state index contributed by atoms with van der Waals surface area (Å²) in [6.45, 7) is 5.57. The number of carbonyl (C=O) groups excluding carboxylic acids is 1. The number of rotatable bonds is 5. The van der Waals surface area contributed by atoms with Crippen LogP contribution in [-0.2, 0) is 4.79 Å². The van der Waals surface area contributed by atoms with Gasteiger partial charge in [-0.25, -0.2) is 4.39 Å². The molecule has 0 aliphatic carbocycles. The van der Waals surface area contributed by atoms with Crippen LogP contribution in [0.5, 0.6) is 0 Å². The molecule has 0 bridgehead atoms. The maximum Gasteiger partial charge on any atom is 0.237 e. The number of benzene rings is 1. The maximum atomic E-state index is 13.0. The van der Waals surface area contributed by atoms with Crippen LogP contribution in [0, 0.1) is 5.82 Å². The highest BCUT2D eigenvalue weighted by Crippen LogP contribution is 2.16. The zero-order chi connectivity index (χ0) is 16.9. The lowest BCUT2D eigenvalue weighted by molar-refractivity contribution is -0.123. The van der Waals surface area contributed by atoms with E-state index in [9.17, 15) is 14.3 Å². The SMILES string of the molecule is O=C(NCCN1CCN(c2ccc(F)cc2)CC1)C1CC(O)CN1. The lowest BCUT2D eigenvalue weighted by atomic mass is 10.2. The number of aliphatic hydroxyl groups is 1. The average Bonchev–Trinajstić information content (AvgIpc) is 3.03. The number of anilines is 1. The van der Waals surface area contributed by atoms with Crippen LogP contribution in [0.3, 0.4) is 0 Å². The number of β-amino-alcohol motifs (C(OH)–C–C–N with tert-alkyl or cyclic N) is 1. The van der Waals surface area contributed by atoms with E-state index in [0.29, 0.717) is 19.5 Å². The van der Waals surface area contributed by atoms with Crippen LogP contribution in [0.25, 0.3) is 0 Å². The van der Waals surface area contributed by atoms with Crippen molar-refractivity contribution in [1.29, 1.82) is 0 Å². The Labute approximate surface area is 141 Å². The fourth-order valence-electron chi connectivity index (χ4n) is 3.26. The number of aliphatic hydroxyl groups excluding tert-OH is 1. The standard InChI is InChI=1S/C17H25FN4O2/c18-13-1-3-14(4-2-13)22-9-7-21(8-10-22)6-5-19-17(24)16-11-15(23)12-20-16/h1-4,15-16,20,23H,5-12H2,(H,19,24). The van der Waals surface area contributed by atoms with Crippen molar-refractivity contribution in [2.45, 2.75) is 18.6 Å². The van der Waals surface area contributed by atoms with Crippen molar-refractivity contribution in [2.24, 2.45) is 0 Å². The number of hydrogen-bond acceptors (Lipinski definition) is 5. The van der Waals surface area contributed by atoms with Crippen LogP contribution in [0.1, 0.15) is 6.42 Å². The first-order valence-corrected chi connectivity index (χ1v) is 8.54. The van der Waals surface area contributed by atoms with Crippen LogP contribution in [-0.4, -0.2) is 73.9 Å². The molecule has 2 atom stereocenters. The molecule has 24 heavy (non-hydrogen) atoms. The van der Waals surface area contributed by atoms with E-state index < -0.39 is 6.10 Å². The number of nitrogens with one attached hydrogen (secondary N) is 2. The van der Waals surface area contributed by atoms with Crippen LogP contribution in [0.4, 0.5) is 10.1 Å².